The van der Waals surface area contributed by atoms with E-state index in [4.69, 9.17) is 5.73 Å². The summed E-state index contributed by atoms with van der Waals surface area (Å²) in [5.74, 6) is 0.605. The van der Waals surface area contributed by atoms with Gasteiger partial charge in [-0.2, -0.15) is 5.10 Å². The Morgan fingerprint density at radius 2 is 2.21 bits per heavy atom. The number of thiazole rings is 1. The SMILES string of the molecule is CC(N)c1nc(C(=O)Cc2ncnn2C(C)C)cs1. The molecule has 0 saturated carbocycles. The van der Waals surface area contributed by atoms with Crippen molar-refractivity contribution in [2.75, 3.05) is 0 Å². The largest absolute Gasteiger partial charge is 0.322 e. The van der Waals surface area contributed by atoms with Crippen LogP contribution in [0.15, 0.2) is 11.7 Å². The van der Waals surface area contributed by atoms with Crippen molar-refractivity contribution in [2.45, 2.75) is 39.3 Å². The Balaban J connectivity index is 2.14. The molecule has 1 atom stereocenters. The molecule has 0 aliphatic carbocycles. The van der Waals surface area contributed by atoms with Crippen molar-refractivity contribution in [1.82, 2.24) is 19.7 Å². The molecule has 0 saturated heterocycles. The molecule has 1 unspecified atom stereocenters. The Bertz CT molecular complexity index is 572. The molecule has 0 fully saturated rings. The van der Waals surface area contributed by atoms with E-state index in [1.54, 1.807) is 10.1 Å². The molecule has 0 spiro atoms. The minimum atomic E-state index is -0.147. The quantitative estimate of drug-likeness (QED) is 0.843. The van der Waals surface area contributed by atoms with Crippen LogP contribution in [0.5, 0.6) is 0 Å². The summed E-state index contributed by atoms with van der Waals surface area (Å²) in [6.07, 6.45) is 1.68. The number of Topliss-reactive ketones (excluding diaryl/α,β-unsaturated/α-hetero) is 1. The first kappa shape index (κ1) is 13.8. The monoisotopic (exact) mass is 279 g/mol. The first-order chi connectivity index (χ1) is 8.99. The van der Waals surface area contributed by atoms with E-state index in [-0.39, 0.29) is 24.3 Å². The molecule has 2 N–H and O–H groups in total. The average molecular weight is 279 g/mol. The average Bonchev–Trinajstić information content (AvgIpc) is 2.96. The second-order valence-corrected chi connectivity index (χ2v) is 5.56. The second-order valence-electron chi connectivity index (χ2n) is 4.67. The highest BCUT2D eigenvalue weighted by Gasteiger charge is 2.17. The van der Waals surface area contributed by atoms with Crippen LogP contribution in [0.1, 0.15) is 54.2 Å². The third-order valence-electron chi connectivity index (χ3n) is 2.65. The molecule has 2 heterocycles. The number of nitrogens with zero attached hydrogens (tertiary/aromatic N) is 4. The Morgan fingerprint density at radius 1 is 1.47 bits per heavy atom. The van der Waals surface area contributed by atoms with E-state index in [0.717, 1.165) is 5.01 Å². The van der Waals surface area contributed by atoms with Gasteiger partial charge < -0.3 is 5.73 Å². The van der Waals surface area contributed by atoms with Crippen LogP contribution in [-0.4, -0.2) is 25.5 Å². The van der Waals surface area contributed by atoms with E-state index >= 15 is 0 Å². The van der Waals surface area contributed by atoms with Crippen molar-refractivity contribution < 1.29 is 4.79 Å². The molecule has 0 aromatic carbocycles. The van der Waals surface area contributed by atoms with Crippen molar-refractivity contribution >= 4 is 17.1 Å². The summed E-state index contributed by atoms with van der Waals surface area (Å²) >= 11 is 1.41. The van der Waals surface area contributed by atoms with Crippen LogP contribution in [0.2, 0.25) is 0 Å². The molecule has 0 aliphatic rings. The maximum absolute atomic E-state index is 12.1. The fraction of sp³-hybridized carbons (Fsp3) is 0.500. The molecule has 0 aliphatic heterocycles. The van der Waals surface area contributed by atoms with Gasteiger partial charge in [-0.3, -0.25) is 4.79 Å². The van der Waals surface area contributed by atoms with E-state index in [2.05, 4.69) is 15.1 Å². The number of nitrogens with two attached hydrogens (primary N) is 1. The fourth-order valence-corrected chi connectivity index (χ4v) is 2.47. The summed E-state index contributed by atoms with van der Waals surface area (Å²) in [5.41, 5.74) is 6.19. The van der Waals surface area contributed by atoms with Gasteiger partial charge in [-0.1, -0.05) is 0 Å². The number of hydrogen-bond donors (Lipinski definition) is 1. The topological polar surface area (TPSA) is 86.7 Å². The first-order valence-electron chi connectivity index (χ1n) is 6.11. The Hall–Kier alpha value is -1.60. The van der Waals surface area contributed by atoms with E-state index in [1.807, 2.05) is 20.8 Å². The lowest BCUT2D eigenvalue weighted by Gasteiger charge is -2.07. The molecular weight excluding hydrogens is 262 g/mol. The van der Waals surface area contributed by atoms with E-state index in [9.17, 15) is 4.79 Å². The normalized spacial score (nSPS) is 12.9. The van der Waals surface area contributed by atoms with Crippen molar-refractivity contribution in [2.24, 2.45) is 5.73 Å². The van der Waals surface area contributed by atoms with Gasteiger partial charge >= 0.3 is 0 Å². The molecule has 19 heavy (non-hydrogen) atoms. The fourth-order valence-electron chi connectivity index (χ4n) is 1.69. The number of ketones is 1. The predicted octanol–water partition coefficient (Wildman–Crippen LogP) is 1.76. The molecule has 6 nitrogen and oxygen atoms in total. The molecule has 7 heteroatoms. The van der Waals surface area contributed by atoms with Gasteiger partial charge in [0, 0.05) is 11.4 Å². The van der Waals surface area contributed by atoms with Gasteiger partial charge in [0.25, 0.3) is 0 Å². The Kier molecular flexibility index (Phi) is 4.06. The van der Waals surface area contributed by atoms with Gasteiger partial charge in [-0.15, -0.1) is 11.3 Å². The zero-order valence-electron chi connectivity index (χ0n) is 11.2. The lowest BCUT2D eigenvalue weighted by atomic mass is 10.2. The number of rotatable bonds is 5. The Morgan fingerprint density at radius 3 is 2.79 bits per heavy atom. The summed E-state index contributed by atoms with van der Waals surface area (Å²) in [5, 5.41) is 6.63. The summed E-state index contributed by atoms with van der Waals surface area (Å²) in [6.45, 7) is 5.85. The zero-order chi connectivity index (χ0) is 14.0. The highest BCUT2D eigenvalue weighted by Crippen LogP contribution is 2.17. The van der Waals surface area contributed by atoms with Crippen LogP contribution in [0.4, 0.5) is 0 Å². The van der Waals surface area contributed by atoms with Crippen LogP contribution in [-0.2, 0) is 6.42 Å². The summed E-state index contributed by atoms with van der Waals surface area (Å²) < 4.78 is 1.75. The molecular formula is C12H17N5OS. The summed E-state index contributed by atoms with van der Waals surface area (Å²) in [4.78, 5) is 20.5. The maximum atomic E-state index is 12.1. The van der Waals surface area contributed by atoms with Crippen LogP contribution in [0.25, 0.3) is 0 Å². The van der Waals surface area contributed by atoms with Crippen molar-refractivity contribution in [3.63, 3.8) is 0 Å². The highest BCUT2D eigenvalue weighted by molar-refractivity contribution is 7.09. The first-order valence-corrected chi connectivity index (χ1v) is 6.99. The minimum Gasteiger partial charge on any atom is -0.322 e. The zero-order valence-corrected chi connectivity index (χ0v) is 12.0. The van der Waals surface area contributed by atoms with E-state index < -0.39 is 0 Å². The van der Waals surface area contributed by atoms with Gasteiger partial charge in [0.05, 0.1) is 12.5 Å². The van der Waals surface area contributed by atoms with Crippen LogP contribution < -0.4 is 5.73 Å². The second kappa shape index (κ2) is 5.58. The molecule has 0 amide bonds. The lowest BCUT2D eigenvalue weighted by molar-refractivity contribution is 0.0984. The van der Waals surface area contributed by atoms with Gasteiger partial charge in [0.15, 0.2) is 5.78 Å². The summed E-state index contributed by atoms with van der Waals surface area (Å²) in [7, 11) is 0. The van der Waals surface area contributed by atoms with Gasteiger partial charge in [0.2, 0.25) is 0 Å². The standard InChI is InChI=1S/C12H17N5OS/c1-7(2)17-11(14-6-15-17)4-10(18)9-5-19-12(16-9)8(3)13/h5-8H,4,13H2,1-3H3. The predicted molar refractivity (Wildman–Crippen MR) is 73.2 cm³/mol. The number of hydrogen-bond acceptors (Lipinski definition) is 6. The lowest BCUT2D eigenvalue weighted by Crippen LogP contribution is -2.13. The van der Waals surface area contributed by atoms with Crippen LogP contribution >= 0.6 is 11.3 Å². The van der Waals surface area contributed by atoms with Crippen molar-refractivity contribution in [3.8, 4) is 0 Å². The third kappa shape index (κ3) is 3.05. The Labute approximate surface area is 115 Å². The molecule has 102 valence electrons. The smallest absolute Gasteiger partial charge is 0.189 e. The molecule has 2 aromatic heterocycles. The van der Waals surface area contributed by atoms with Gasteiger partial charge in [-0.05, 0) is 20.8 Å². The molecule has 0 radical (unpaired) electrons. The van der Waals surface area contributed by atoms with E-state index in [1.165, 1.54) is 17.7 Å². The van der Waals surface area contributed by atoms with Crippen LogP contribution in [0, 0.1) is 0 Å². The van der Waals surface area contributed by atoms with E-state index in [0.29, 0.717) is 11.5 Å². The summed E-state index contributed by atoms with van der Waals surface area (Å²) in [6, 6.07) is 0.0335. The minimum absolute atomic E-state index is 0.0574. The molecule has 0 bridgehead atoms. The van der Waals surface area contributed by atoms with Gasteiger partial charge in [0.1, 0.15) is 22.9 Å². The molecule has 2 rings (SSSR count). The van der Waals surface area contributed by atoms with Crippen molar-refractivity contribution in [3.05, 3.63) is 28.2 Å². The van der Waals surface area contributed by atoms with Crippen LogP contribution in [0.3, 0.4) is 0 Å². The highest BCUT2D eigenvalue weighted by atomic mass is 32.1. The third-order valence-corrected chi connectivity index (χ3v) is 3.70. The number of carbonyl (C=O) groups is 1. The maximum Gasteiger partial charge on any atom is 0.189 e. The van der Waals surface area contributed by atoms with Crippen molar-refractivity contribution in [1.29, 1.82) is 0 Å². The molecule has 2 aromatic rings. The number of aromatic nitrogens is 4. The number of carbonyl (C=O) groups excluding carboxylic acids is 1. The van der Waals surface area contributed by atoms with Gasteiger partial charge in [-0.25, -0.2) is 14.6 Å².